The van der Waals surface area contributed by atoms with Crippen LogP contribution in [0.3, 0.4) is 0 Å². The summed E-state index contributed by atoms with van der Waals surface area (Å²) in [4.78, 5) is 4.48. The maximum Gasteiger partial charge on any atom is 0.180 e. The molecule has 3 aromatic carbocycles. The zero-order chi connectivity index (χ0) is 20.8. The summed E-state index contributed by atoms with van der Waals surface area (Å²) in [6, 6.07) is 17.3. The van der Waals surface area contributed by atoms with Crippen LogP contribution in [0.1, 0.15) is 23.6 Å². The minimum Gasteiger partial charge on any atom is -0.490 e. The van der Waals surface area contributed by atoms with E-state index in [0.29, 0.717) is 34.8 Å². The Labute approximate surface area is 189 Å². The Morgan fingerprint density at radius 3 is 2.41 bits per heavy atom. The molecule has 0 unspecified atom stereocenters. The first-order valence-electron chi connectivity index (χ1n) is 9.10. The summed E-state index contributed by atoms with van der Waals surface area (Å²) in [6.45, 7) is 4.76. The molecule has 29 heavy (non-hydrogen) atoms. The molecule has 0 aliphatic rings. The van der Waals surface area contributed by atoms with Crippen molar-refractivity contribution in [2.75, 3.05) is 6.61 Å². The largest absolute Gasteiger partial charge is 0.490 e. The molecule has 0 fully saturated rings. The van der Waals surface area contributed by atoms with Crippen LogP contribution in [0.15, 0.2) is 64.1 Å². The Balaban J connectivity index is 1.82. The van der Waals surface area contributed by atoms with Crippen molar-refractivity contribution in [3.63, 3.8) is 0 Å². The predicted octanol–water partition coefficient (Wildman–Crippen LogP) is 7.79. The van der Waals surface area contributed by atoms with Gasteiger partial charge in [-0.3, -0.25) is 4.99 Å². The molecule has 0 saturated heterocycles. The third-order valence-corrected chi connectivity index (χ3v) is 5.36. The van der Waals surface area contributed by atoms with Crippen LogP contribution < -0.4 is 9.47 Å². The first-order valence-corrected chi connectivity index (χ1v) is 10.6. The minimum absolute atomic E-state index is 0.391. The van der Waals surface area contributed by atoms with Gasteiger partial charge in [0.05, 0.1) is 17.3 Å². The second kappa shape index (κ2) is 10.1. The third kappa shape index (κ3) is 5.99. The maximum atomic E-state index is 6.49. The van der Waals surface area contributed by atoms with Gasteiger partial charge in [-0.15, -0.1) is 0 Å². The monoisotopic (exact) mass is 491 g/mol. The molecule has 0 radical (unpaired) electrons. The molecule has 0 bridgehead atoms. The molecule has 0 heterocycles. The molecule has 0 spiro atoms. The first kappa shape index (κ1) is 21.7. The molecule has 0 aliphatic carbocycles. The van der Waals surface area contributed by atoms with Gasteiger partial charge in [0, 0.05) is 15.7 Å². The number of nitrogens with zero attached hydrogens (tertiary/aromatic N) is 1. The highest BCUT2D eigenvalue weighted by Gasteiger charge is 2.12. The second-order valence-corrected chi connectivity index (χ2v) is 8.10. The second-order valence-electron chi connectivity index (χ2n) is 6.37. The number of halogens is 3. The quantitative estimate of drug-likeness (QED) is 0.315. The van der Waals surface area contributed by atoms with E-state index in [0.717, 1.165) is 26.9 Å². The van der Waals surface area contributed by atoms with Gasteiger partial charge < -0.3 is 9.47 Å². The van der Waals surface area contributed by atoms with Crippen LogP contribution in [0.25, 0.3) is 0 Å². The lowest BCUT2D eigenvalue weighted by Gasteiger charge is -2.14. The number of aliphatic imine (C=N–C) groups is 1. The van der Waals surface area contributed by atoms with Crippen LogP contribution in [-0.2, 0) is 6.61 Å². The molecule has 3 rings (SSSR count). The lowest BCUT2D eigenvalue weighted by molar-refractivity contribution is 0.269. The summed E-state index contributed by atoms with van der Waals surface area (Å²) in [5.41, 5.74) is 3.63. The number of benzene rings is 3. The van der Waals surface area contributed by atoms with Crippen molar-refractivity contribution >= 4 is 51.0 Å². The van der Waals surface area contributed by atoms with Crippen LogP contribution in [0.2, 0.25) is 10.0 Å². The SMILES string of the molecule is CCOc1cc(C=Nc2ccc(C)c(Cl)c2)cc(Cl)c1OCc1ccc(Br)cc1. The molecule has 6 heteroatoms. The van der Waals surface area contributed by atoms with E-state index in [1.807, 2.05) is 62.4 Å². The predicted molar refractivity (Wildman–Crippen MR) is 125 cm³/mol. The summed E-state index contributed by atoms with van der Waals surface area (Å²) in [5.74, 6) is 1.10. The van der Waals surface area contributed by atoms with Crippen molar-refractivity contribution in [1.29, 1.82) is 0 Å². The molecule has 0 saturated carbocycles. The van der Waals surface area contributed by atoms with E-state index in [1.54, 1.807) is 12.3 Å². The summed E-state index contributed by atoms with van der Waals surface area (Å²) >= 11 is 16.1. The molecule has 3 aromatic rings. The highest BCUT2D eigenvalue weighted by atomic mass is 79.9. The minimum atomic E-state index is 0.391. The van der Waals surface area contributed by atoms with E-state index in [9.17, 15) is 0 Å². The average Bonchev–Trinajstić information content (AvgIpc) is 2.70. The number of hydrogen-bond donors (Lipinski definition) is 0. The van der Waals surface area contributed by atoms with E-state index in [4.69, 9.17) is 32.7 Å². The van der Waals surface area contributed by atoms with Crippen molar-refractivity contribution in [2.45, 2.75) is 20.5 Å². The van der Waals surface area contributed by atoms with Gasteiger partial charge in [-0.2, -0.15) is 0 Å². The molecule has 3 nitrogen and oxygen atoms in total. The van der Waals surface area contributed by atoms with Crippen molar-refractivity contribution in [3.8, 4) is 11.5 Å². The van der Waals surface area contributed by atoms with Gasteiger partial charge in [0.1, 0.15) is 6.61 Å². The molecule has 0 aromatic heterocycles. The topological polar surface area (TPSA) is 30.8 Å². The average molecular weight is 493 g/mol. The van der Waals surface area contributed by atoms with Crippen molar-refractivity contribution < 1.29 is 9.47 Å². The Kier molecular flexibility index (Phi) is 7.59. The van der Waals surface area contributed by atoms with Crippen LogP contribution >= 0.6 is 39.1 Å². The van der Waals surface area contributed by atoms with Crippen LogP contribution in [0.5, 0.6) is 11.5 Å². The molecule has 0 amide bonds. The fourth-order valence-corrected chi connectivity index (χ4v) is 3.33. The van der Waals surface area contributed by atoms with Crippen LogP contribution in [0.4, 0.5) is 5.69 Å². The van der Waals surface area contributed by atoms with Gasteiger partial charge in [0.2, 0.25) is 0 Å². The summed E-state index contributed by atoms with van der Waals surface area (Å²) in [6.07, 6.45) is 1.73. The van der Waals surface area contributed by atoms with Crippen LogP contribution in [-0.4, -0.2) is 12.8 Å². The van der Waals surface area contributed by atoms with E-state index >= 15 is 0 Å². The van der Waals surface area contributed by atoms with E-state index in [2.05, 4.69) is 20.9 Å². The van der Waals surface area contributed by atoms with Crippen molar-refractivity contribution in [3.05, 3.63) is 85.8 Å². The number of rotatable bonds is 7. The highest BCUT2D eigenvalue weighted by Crippen LogP contribution is 2.37. The van der Waals surface area contributed by atoms with Crippen molar-refractivity contribution in [1.82, 2.24) is 0 Å². The fraction of sp³-hybridized carbons (Fsp3) is 0.174. The Bertz CT molecular complexity index is 1020. The lowest BCUT2D eigenvalue weighted by atomic mass is 10.2. The van der Waals surface area contributed by atoms with E-state index < -0.39 is 0 Å². The van der Waals surface area contributed by atoms with Gasteiger partial charge in [0.25, 0.3) is 0 Å². The number of aryl methyl sites for hydroxylation is 1. The van der Waals surface area contributed by atoms with Crippen molar-refractivity contribution in [2.24, 2.45) is 4.99 Å². The van der Waals surface area contributed by atoms with Crippen LogP contribution in [0, 0.1) is 6.92 Å². The van der Waals surface area contributed by atoms with Gasteiger partial charge in [-0.1, -0.05) is 57.3 Å². The summed E-state index contributed by atoms with van der Waals surface area (Å²) in [7, 11) is 0. The van der Waals surface area contributed by atoms with Gasteiger partial charge >= 0.3 is 0 Å². The first-order chi connectivity index (χ1) is 14.0. The zero-order valence-electron chi connectivity index (χ0n) is 16.1. The standard InChI is InChI=1S/C23H20BrCl2NO2/c1-3-28-22-11-17(13-27-19-9-4-15(2)20(25)12-19)10-21(26)23(22)29-14-16-5-7-18(24)8-6-16/h4-13H,3,14H2,1-2H3. The van der Waals surface area contributed by atoms with E-state index in [-0.39, 0.29) is 0 Å². The molecule has 0 atom stereocenters. The molecular formula is C23H20BrCl2NO2. The van der Waals surface area contributed by atoms with Gasteiger partial charge in [-0.05, 0) is 66.9 Å². The molecule has 150 valence electrons. The smallest absolute Gasteiger partial charge is 0.180 e. The third-order valence-electron chi connectivity index (χ3n) is 4.15. The fourth-order valence-electron chi connectivity index (χ4n) is 2.61. The highest BCUT2D eigenvalue weighted by molar-refractivity contribution is 9.10. The van der Waals surface area contributed by atoms with Gasteiger partial charge in [-0.25, -0.2) is 0 Å². The number of hydrogen-bond acceptors (Lipinski definition) is 3. The zero-order valence-corrected chi connectivity index (χ0v) is 19.2. The van der Waals surface area contributed by atoms with E-state index in [1.165, 1.54) is 0 Å². The molecule has 0 N–H and O–H groups in total. The Morgan fingerprint density at radius 1 is 0.966 bits per heavy atom. The number of ether oxygens (including phenoxy) is 2. The molecular weight excluding hydrogens is 473 g/mol. The van der Waals surface area contributed by atoms with Gasteiger partial charge in [0.15, 0.2) is 11.5 Å². The lowest BCUT2D eigenvalue weighted by Crippen LogP contribution is -2.01. The Hall–Kier alpha value is -2.01. The summed E-state index contributed by atoms with van der Waals surface area (Å²) < 4.78 is 12.7. The summed E-state index contributed by atoms with van der Waals surface area (Å²) in [5, 5.41) is 1.15. The Morgan fingerprint density at radius 2 is 1.72 bits per heavy atom. The normalized spacial score (nSPS) is 11.1. The molecule has 0 aliphatic heterocycles. The maximum absolute atomic E-state index is 6.49.